The summed E-state index contributed by atoms with van der Waals surface area (Å²) < 4.78 is 0. The van der Waals surface area contributed by atoms with Crippen molar-refractivity contribution >= 4 is 11.9 Å². The standard InChI is InChI=1S/C10H16N4O/c1-8(2)11-7-4-9(15)14-10-12-5-3-6-13-10/h3,5-6,8,11H,4,7H2,1-2H3,(H,12,13,14,15). The highest BCUT2D eigenvalue weighted by Crippen LogP contribution is 1.94. The molecule has 5 heteroatoms. The van der Waals surface area contributed by atoms with E-state index in [0.717, 1.165) is 0 Å². The maximum Gasteiger partial charge on any atom is 0.229 e. The van der Waals surface area contributed by atoms with Crippen LogP contribution in [0.3, 0.4) is 0 Å². The molecule has 1 rings (SSSR count). The van der Waals surface area contributed by atoms with Crippen molar-refractivity contribution in [3.05, 3.63) is 18.5 Å². The van der Waals surface area contributed by atoms with Gasteiger partial charge in [-0.2, -0.15) is 0 Å². The van der Waals surface area contributed by atoms with E-state index in [4.69, 9.17) is 0 Å². The molecule has 0 aromatic carbocycles. The topological polar surface area (TPSA) is 66.9 Å². The van der Waals surface area contributed by atoms with Crippen molar-refractivity contribution in [3.63, 3.8) is 0 Å². The number of hydrogen-bond acceptors (Lipinski definition) is 4. The van der Waals surface area contributed by atoms with E-state index >= 15 is 0 Å². The predicted molar refractivity (Wildman–Crippen MR) is 58.4 cm³/mol. The second-order valence-corrected chi connectivity index (χ2v) is 3.48. The van der Waals surface area contributed by atoms with E-state index in [1.807, 2.05) is 13.8 Å². The second-order valence-electron chi connectivity index (χ2n) is 3.48. The second kappa shape index (κ2) is 6.08. The van der Waals surface area contributed by atoms with Crippen LogP contribution in [-0.2, 0) is 4.79 Å². The van der Waals surface area contributed by atoms with Gasteiger partial charge in [-0.15, -0.1) is 0 Å². The number of nitrogens with one attached hydrogen (secondary N) is 2. The van der Waals surface area contributed by atoms with Gasteiger partial charge in [-0.1, -0.05) is 13.8 Å². The molecule has 0 radical (unpaired) electrons. The summed E-state index contributed by atoms with van der Waals surface area (Å²) >= 11 is 0. The summed E-state index contributed by atoms with van der Waals surface area (Å²) in [5.74, 6) is 0.279. The molecule has 1 aromatic heterocycles. The van der Waals surface area contributed by atoms with Crippen LogP contribution in [-0.4, -0.2) is 28.5 Å². The number of amides is 1. The average molecular weight is 208 g/mol. The molecule has 0 saturated carbocycles. The zero-order valence-electron chi connectivity index (χ0n) is 9.03. The fourth-order valence-corrected chi connectivity index (χ4v) is 1.03. The van der Waals surface area contributed by atoms with E-state index < -0.39 is 0 Å². The zero-order chi connectivity index (χ0) is 11.1. The van der Waals surface area contributed by atoms with Gasteiger partial charge in [-0.05, 0) is 6.07 Å². The fourth-order valence-electron chi connectivity index (χ4n) is 1.03. The molecule has 0 unspecified atom stereocenters. The summed E-state index contributed by atoms with van der Waals surface area (Å²) in [7, 11) is 0. The van der Waals surface area contributed by atoms with Gasteiger partial charge < -0.3 is 5.32 Å². The molecule has 0 aliphatic rings. The Kier molecular flexibility index (Phi) is 4.70. The Bertz CT molecular complexity index is 300. The predicted octanol–water partition coefficient (Wildman–Crippen LogP) is 0.803. The van der Waals surface area contributed by atoms with Crippen molar-refractivity contribution in [2.45, 2.75) is 26.3 Å². The molecular formula is C10H16N4O. The van der Waals surface area contributed by atoms with Crippen LogP contribution < -0.4 is 10.6 Å². The summed E-state index contributed by atoms with van der Waals surface area (Å²) in [5.41, 5.74) is 0. The van der Waals surface area contributed by atoms with Crippen LogP contribution in [0.4, 0.5) is 5.95 Å². The third-order valence-electron chi connectivity index (χ3n) is 1.72. The number of hydrogen-bond donors (Lipinski definition) is 2. The van der Waals surface area contributed by atoms with Gasteiger partial charge in [0.15, 0.2) is 0 Å². The van der Waals surface area contributed by atoms with Gasteiger partial charge in [0.2, 0.25) is 11.9 Å². The summed E-state index contributed by atoms with van der Waals surface area (Å²) in [6.07, 6.45) is 3.61. The van der Waals surface area contributed by atoms with E-state index in [1.54, 1.807) is 18.5 Å². The van der Waals surface area contributed by atoms with Crippen molar-refractivity contribution in [2.24, 2.45) is 0 Å². The Morgan fingerprint density at radius 3 is 2.67 bits per heavy atom. The minimum absolute atomic E-state index is 0.0747. The van der Waals surface area contributed by atoms with Crippen LogP contribution in [0.25, 0.3) is 0 Å². The van der Waals surface area contributed by atoms with Crippen molar-refractivity contribution in [1.29, 1.82) is 0 Å². The van der Waals surface area contributed by atoms with Crippen molar-refractivity contribution in [2.75, 3.05) is 11.9 Å². The van der Waals surface area contributed by atoms with Gasteiger partial charge >= 0.3 is 0 Å². The minimum Gasteiger partial charge on any atom is -0.314 e. The van der Waals surface area contributed by atoms with E-state index in [2.05, 4.69) is 20.6 Å². The van der Waals surface area contributed by atoms with E-state index in [-0.39, 0.29) is 5.91 Å². The molecule has 0 aliphatic heterocycles. The Labute approximate surface area is 89.3 Å². The van der Waals surface area contributed by atoms with E-state index in [0.29, 0.717) is 25.0 Å². The summed E-state index contributed by atoms with van der Waals surface area (Å²) in [6, 6.07) is 2.10. The van der Waals surface area contributed by atoms with Gasteiger partial charge in [-0.25, -0.2) is 9.97 Å². The van der Waals surface area contributed by atoms with Crippen molar-refractivity contribution < 1.29 is 4.79 Å². The number of carbonyl (C=O) groups excluding carboxylic acids is 1. The highest BCUT2D eigenvalue weighted by molar-refractivity contribution is 5.88. The third-order valence-corrected chi connectivity index (χ3v) is 1.72. The summed E-state index contributed by atoms with van der Waals surface area (Å²) in [6.45, 7) is 4.74. The number of aromatic nitrogens is 2. The normalized spacial score (nSPS) is 10.3. The molecule has 1 heterocycles. The van der Waals surface area contributed by atoms with Crippen molar-refractivity contribution in [1.82, 2.24) is 15.3 Å². The molecule has 5 nitrogen and oxygen atoms in total. The lowest BCUT2D eigenvalue weighted by Crippen LogP contribution is -2.27. The molecule has 0 fully saturated rings. The third kappa shape index (κ3) is 5.07. The van der Waals surface area contributed by atoms with Gasteiger partial charge in [0.05, 0.1) is 0 Å². The molecule has 0 saturated heterocycles. The van der Waals surface area contributed by atoms with Gasteiger partial charge in [0, 0.05) is 31.4 Å². The lowest BCUT2D eigenvalue weighted by molar-refractivity contribution is -0.116. The van der Waals surface area contributed by atoms with Crippen LogP contribution >= 0.6 is 0 Å². The number of nitrogens with zero attached hydrogens (tertiary/aromatic N) is 2. The molecule has 82 valence electrons. The first-order valence-electron chi connectivity index (χ1n) is 4.98. The first kappa shape index (κ1) is 11.6. The Morgan fingerprint density at radius 2 is 2.07 bits per heavy atom. The van der Waals surface area contributed by atoms with Crippen LogP contribution in [0.1, 0.15) is 20.3 Å². The number of rotatable bonds is 5. The lowest BCUT2D eigenvalue weighted by Gasteiger charge is -2.07. The van der Waals surface area contributed by atoms with Crippen LogP contribution in [0.15, 0.2) is 18.5 Å². The Balaban J connectivity index is 2.25. The molecular weight excluding hydrogens is 192 g/mol. The van der Waals surface area contributed by atoms with Gasteiger partial charge in [0.1, 0.15) is 0 Å². The number of carbonyl (C=O) groups is 1. The monoisotopic (exact) mass is 208 g/mol. The first-order valence-corrected chi connectivity index (χ1v) is 4.98. The van der Waals surface area contributed by atoms with Crippen molar-refractivity contribution in [3.8, 4) is 0 Å². The minimum atomic E-state index is -0.0747. The van der Waals surface area contributed by atoms with Crippen LogP contribution in [0, 0.1) is 0 Å². The molecule has 15 heavy (non-hydrogen) atoms. The molecule has 1 amide bonds. The molecule has 1 aromatic rings. The Morgan fingerprint density at radius 1 is 1.40 bits per heavy atom. The maximum absolute atomic E-state index is 11.4. The molecule has 0 bridgehead atoms. The van der Waals surface area contributed by atoms with E-state index in [9.17, 15) is 4.79 Å². The molecule has 0 atom stereocenters. The Hall–Kier alpha value is -1.49. The lowest BCUT2D eigenvalue weighted by atomic mass is 10.3. The quantitative estimate of drug-likeness (QED) is 0.751. The fraction of sp³-hybridized carbons (Fsp3) is 0.500. The molecule has 0 spiro atoms. The van der Waals surface area contributed by atoms with Crippen LogP contribution in [0.2, 0.25) is 0 Å². The SMILES string of the molecule is CC(C)NCCC(=O)Nc1ncccn1. The summed E-state index contributed by atoms with van der Waals surface area (Å²) in [4.78, 5) is 19.2. The zero-order valence-corrected chi connectivity index (χ0v) is 9.03. The largest absolute Gasteiger partial charge is 0.314 e. The van der Waals surface area contributed by atoms with Crippen LogP contribution in [0.5, 0.6) is 0 Å². The summed E-state index contributed by atoms with van der Waals surface area (Å²) in [5, 5.41) is 5.77. The maximum atomic E-state index is 11.4. The van der Waals surface area contributed by atoms with Gasteiger partial charge in [0.25, 0.3) is 0 Å². The van der Waals surface area contributed by atoms with Gasteiger partial charge in [-0.3, -0.25) is 10.1 Å². The smallest absolute Gasteiger partial charge is 0.229 e. The average Bonchev–Trinajstić information content (AvgIpc) is 2.18. The number of anilines is 1. The highest BCUT2D eigenvalue weighted by Gasteiger charge is 2.03. The van der Waals surface area contributed by atoms with E-state index in [1.165, 1.54) is 0 Å². The first-order chi connectivity index (χ1) is 7.18. The molecule has 2 N–H and O–H groups in total. The molecule has 0 aliphatic carbocycles. The highest BCUT2D eigenvalue weighted by atomic mass is 16.1.